The monoisotopic (exact) mass is 259 g/mol. The van der Waals surface area contributed by atoms with Gasteiger partial charge in [0.2, 0.25) is 10.0 Å². The highest BCUT2D eigenvalue weighted by molar-refractivity contribution is 7.89. The quantitative estimate of drug-likeness (QED) is 0.811. The maximum atomic E-state index is 11.7. The van der Waals surface area contributed by atoms with Crippen molar-refractivity contribution in [1.82, 2.24) is 4.72 Å². The van der Waals surface area contributed by atoms with Gasteiger partial charge in [0.05, 0.1) is 12.0 Å². The van der Waals surface area contributed by atoms with Gasteiger partial charge < -0.3 is 9.84 Å². The second kappa shape index (κ2) is 5.15. The third-order valence-corrected chi connectivity index (χ3v) is 3.59. The minimum atomic E-state index is -3.66. The van der Waals surface area contributed by atoms with E-state index in [0.29, 0.717) is 0 Å². The van der Waals surface area contributed by atoms with Crippen molar-refractivity contribution >= 4 is 16.0 Å². The zero-order valence-corrected chi connectivity index (χ0v) is 10.2. The summed E-state index contributed by atoms with van der Waals surface area (Å²) in [5, 5.41) is 8.92. The van der Waals surface area contributed by atoms with Crippen molar-refractivity contribution in [1.29, 1.82) is 0 Å². The summed E-state index contributed by atoms with van der Waals surface area (Å²) in [5.74, 6) is -1.12. The summed E-state index contributed by atoms with van der Waals surface area (Å²) in [6.07, 6.45) is 0. The van der Waals surface area contributed by atoms with Gasteiger partial charge in [-0.25, -0.2) is 17.9 Å². The van der Waals surface area contributed by atoms with Crippen LogP contribution < -0.4 is 9.46 Å². The maximum Gasteiger partial charge on any atom is 0.339 e. The van der Waals surface area contributed by atoms with Gasteiger partial charge in [-0.15, -0.1) is 0 Å². The molecule has 0 aliphatic rings. The lowest BCUT2D eigenvalue weighted by molar-refractivity contribution is 0.0693. The predicted octanol–water partition coefficient (Wildman–Crippen LogP) is 0.692. The van der Waals surface area contributed by atoms with Crippen LogP contribution in [0.3, 0.4) is 0 Å². The molecule has 0 unspecified atom stereocenters. The Hall–Kier alpha value is -1.60. The summed E-state index contributed by atoms with van der Waals surface area (Å²) in [4.78, 5) is 10.8. The molecule has 0 aliphatic carbocycles. The Balaban J connectivity index is 3.31. The topological polar surface area (TPSA) is 92.7 Å². The Bertz CT molecular complexity index is 523. The zero-order chi connectivity index (χ0) is 13.1. The normalized spacial score (nSPS) is 11.2. The molecule has 0 aromatic heterocycles. The Morgan fingerprint density at radius 3 is 2.59 bits per heavy atom. The third-order valence-electron chi connectivity index (χ3n) is 2.05. The standard InChI is InChI=1S/C10H13NO5S/c1-3-11-17(14,15)7-4-5-9(16-2)8(6-7)10(12)13/h4-6,11H,3H2,1-2H3,(H,12,13). The maximum absolute atomic E-state index is 11.7. The fourth-order valence-corrected chi connectivity index (χ4v) is 2.36. The van der Waals surface area contributed by atoms with Gasteiger partial charge in [0.25, 0.3) is 0 Å². The number of carboxylic acid groups (broad SMARTS) is 1. The molecule has 7 heteroatoms. The number of rotatable bonds is 5. The molecule has 17 heavy (non-hydrogen) atoms. The van der Waals surface area contributed by atoms with Crippen molar-refractivity contribution < 1.29 is 23.1 Å². The number of carboxylic acids is 1. The van der Waals surface area contributed by atoms with Crippen molar-refractivity contribution in [2.24, 2.45) is 0 Å². The molecule has 0 spiro atoms. The molecule has 0 saturated heterocycles. The van der Waals surface area contributed by atoms with Crippen LogP contribution in [0, 0.1) is 0 Å². The highest BCUT2D eigenvalue weighted by Crippen LogP contribution is 2.22. The molecule has 0 fully saturated rings. The van der Waals surface area contributed by atoms with Crippen molar-refractivity contribution in [3.05, 3.63) is 23.8 Å². The first-order valence-corrected chi connectivity index (χ1v) is 6.31. The Morgan fingerprint density at radius 2 is 2.12 bits per heavy atom. The molecule has 1 rings (SSSR count). The lowest BCUT2D eigenvalue weighted by Crippen LogP contribution is -2.23. The minimum Gasteiger partial charge on any atom is -0.496 e. The molecule has 1 aromatic rings. The number of ether oxygens (including phenoxy) is 1. The number of sulfonamides is 1. The van der Waals surface area contributed by atoms with E-state index in [0.717, 1.165) is 6.07 Å². The summed E-state index contributed by atoms with van der Waals surface area (Å²) in [7, 11) is -2.34. The van der Waals surface area contributed by atoms with Gasteiger partial charge in [0.1, 0.15) is 11.3 Å². The fourth-order valence-electron chi connectivity index (χ4n) is 1.29. The first-order chi connectivity index (χ1) is 7.92. The number of hydrogen-bond donors (Lipinski definition) is 2. The predicted molar refractivity (Wildman–Crippen MR) is 60.8 cm³/mol. The van der Waals surface area contributed by atoms with Crippen LogP contribution >= 0.6 is 0 Å². The number of benzene rings is 1. The number of carbonyl (C=O) groups is 1. The molecule has 0 atom stereocenters. The van der Waals surface area contributed by atoms with E-state index in [1.165, 1.54) is 19.2 Å². The van der Waals surface area contributed by atoms with Gasteiger partial charge in [-0.05, 0) is 18.2 Å². The molecule has 0 aliphatic heterocycles. The van der Waals surface area contributed by atoms with Crippen LogP contribution in [0.5, 0.6) is 5.75 Å². The van der Waals surface area contributed by atoms with E-state index < -0.39 is 16.0 Å². The molecule has 2 N–H and O–H groups in total. The van der Waals surface area contributed by atoms with Crippen LogP contribution in [0.1, 0.15) is 17.3 Å². The number of nitrogens with one attached hydrogen (secondary N) is 1. The van der Waals surface area contributed by atoms with E-state index in [4.69, 9.17) is 9.84 Å². The molecule has 0 bridgehead atoms. The van der Waals surface area contributed by atoms with Crippen molar-refractivity contribution in [2.75, 3.05) is 13.7 Å². The molecule has 0 heterocycles. The smallest absolute Gasteiger partial charge is 0.339 e. The summed E-state index contributed by atoms with van der Waals surface area (Å²) >= 11 is 0. The van der Waals surface area contributed by atoms with Crippen LogP contribution in [0.4, 0.5) is 0 Å². The van der Waals surface area contributed by atoms with E-state index in [1.807, 2.05) is 0 Å². The summed E-state index contributed by atoms with van der Waals surface area (Å²) in [6.45, 7) is 1.87. The van der Waals surface area contributed by atoms with Crippen LogP contribution in [-0.4, -0.2) is 33.1 Å². The van der Waals surface area contributed by atoms with Crippen LogP contribution in [0.2, 0.25) is 0 Å². The van der Waals surface area contributed by atoms with Crippen LogP contribution in [0.15, 0.2) is 23.1 Å². The highest BCUT2D eigenvalue weighted by Gasteiger charge is 2.18. The van der Waals surface area contributed by atoms with Gasteiger partial charge in [-0.3, -0.25) is 0 Å². The van der Waals surface area contributed by atoms with Gasteiger partial charge in [0.15, 0.2) is 0 Å². The molecule has 0 saturated carbocycles. The average molecular weight is 259 g/mol. The Labute approximate surface area is 99.3 Å². The number of aromatic carboxylic acids is 1. The molecule has 6 nitrogen and oxygen atoms in total. The lowest BCUT2D eigenvalue weighted by Gasteiger charge is -2.08. The molecular formula is C10H13NO5S. The van der Waals surface area contributed by atoms with E-state index in [2.05, 4.69) is 4.72 Å². The summed E-state index contributed by atoms with van der Waals surface area (Å²) < 4.78 is 30.4. The van der Waals surface area contributed by atoms with Crippen molar-refractivity contribution in [3.8, 4) is 5.75 Å². The number of methoxy groups -OCH3 is 1. The van der Waals surface area contributed by atoms with Gasteiger partial charge >= 0.3 is 5.97 Å². The zero-order valence-electron chi connectivity index (χ0n) is 9.43. The molecule has 0 radical (unpaired) electrons. The molecule has 0 amide bonds. The Morgan fingerprint density at radius 1 is 1.47 bits per heavy atom. The van der Waals surface area contributed by atoms with Crippen molar-refractivity contribution in [2.45, 2.75) is 11.8 Å². The third kappa shape index (κ3) is 2.95. The molecule has 94 valence electrons. The Kier molecular flexibility index (Phi) is 4.08. The average Bonchev–Trinajstić information content (AvgIpc) is 2.28. The van der Waals surface area contributed by atoms with Crippen molar-refractivity contribution in [3.63, 3.8) is 0 Å². The molecular weight excluding hydrogens is 246 g/mol. The lowest BCUT2D eigenvalue weighted by atomic mass is 10.2. The van der Waals surface area contributed by atoms with E-state index >= 15 is 0 Å². The van der Waals surface area contributed by atoms with Gasteiger partial charge in [-0.2, -0.15) is 0 Å². The SMILES string of the molecule is CCNS(=O)(=O)c1ccc(OC)c(C(=O)O)c1. The fraction of sp³-hybridized carbons (Fsp3) is 0.300. The van der Waals surface area contributed by atoms with Crippen LogP contribution in [-0.2, 0) is 10.0 Å². The first kappa shape index (κ1) is 13.5. The van der Waals surface area contributed by atoms with Gasteiger partial charge in [-0.1, -0.05) is 6.92 Å². The minimum absolute atomic E-state index is 0.0995. The van der Waals surface area contributed by atoms with E-state index in [9.17, 15) is 13.2 Å². The second-order valence-electron chi connectivity index (χ2n) is 3.17. The van der Waals surface area contributed by atoms with E-state index in [-0.39, 0.29) is 22.8 Å². The van der Waals surface area contributed by atoms with Gasteiger partial charge in [0, 0.05) is 6.54 Å². The highest BCUT2D eigenvalue weighted by atomic mass is 32.2. The van der Waals surface area contributed by atoms with E-state index in [1.54, 1.807) is 6.92 Å². The molecule has 1 aromatic carbocycles. The van der Waals surface area contributed by atoms with Crippen LogP contribution in [0.25, 0.3) is 0 Å². The second-order valence-corrected chi connectivity index (χ2v) is 4.94. The summed E-state index contributed by atoms with van der Waals surface area (Å²) in [6, 6.07) is 3.68. The largest absolute Gasteiger partial charge is 0.496 e. The first-order valence-electron chi connectivity index (χ1n) is 4.83. The summed E-state index contributed by atoms with van der Waals surface area (Å²) in [5.41, 5.74) is -0.188. The number of hydrogen-bond acceptors (Lipinski definition) is 4.